The summed E-state index contributed by atoms with van der Waals surface area (Å²) < 4.78 is 2.68. The van der Waals surface area contributed by atoms with Crippen molar-refractivity contribution in [1.29, 1.82) is 0 Å². The average molecular weight is 367 g/mol. The van der Waals surface area contributed by atoms with E-state index < -0.39 is 11.5 Å². The lowest BCUT2D eigenvalue weighted by molar-refractivity contribution is -0.116. The van der Waals surface area contributed by atoms with Crippen LogP contribution in [0.1, 0.15) is 6.92 Å². The van der Waals surface area contributed by atoms with E-state index in [9.17, 15) is 9.59 Å². The van der Waals surface area contributed by atoms with E-state index in [2.05, 4.69) is 20.6 Å². The zero-order valence-corrected chi connectivity index (χ0v) is 14.0. The molecule has 0 unspecified atom stereocenters. The molecular weight excluding hydrogens is 355 g/mol. The fraction of sp³-hybridized carbons (Fsp3) is 0.214. The molecule has 0 aliphatic rings. The van der Waals surface area contributed by atoms with Gasteiger partial charge in [0.05, 0.1) is 10.0 Å². The predicted octanol–water partition coefficient (Wildman–Crippen LogP) is 1.95. The van der Waals surface area contributed by atoms with E-state index in [0.29, 0.717) is 27.9 Å². The number of hydrogen-bond donors (Lipinski definition) is 1. The van der Waals surface area contributed by atoms with Gasteiger partial charge in [0.25, 0.3) is 5.56 Å². The molecule has 3 aromatic rings. The van der Waals surface area contributed by atoms with Crippen LogP contribution in [0.4, 0.5) is 5.69 Å². The summed E-state index contributed by atoms with van der Waals surface area (Å²) in [7, 11) is 0. The highest BCUT2D eigenvalue weighted by molar-refractivity contribution is 6.42. The minimum atomic E-state index is -0.427. The number of benzene rings is 1. The van der Waals surface area contributed by atoms with Crippen molar-refractivity contribution in [3.8, 4) is 0 Å². The number of aryl methyl sites for hydroxylation is 1. The van der Waals surface area contributed by atoms with Gasteiger partial charge in [0.2, 0.25) is 5.91 Å². The number of rotatable bonds is 4. The molecular formula is C14H12Cl2N6O2. The van der Waals surface area contributed by atoms with E-state index in [1.54, 1.807) is 12.1 Å². The number of halogens is 2. The van der Waals surface area contributed by atoms with Gasteiger partial charge in [-0.2, -0.15) is 0 Å². The lowest BCUT2D eigenvalue weighted by Crippen LogP contribution is -2.28. The Morgan fingerprint density at radius 1 is 1.29 bits per heavy atom. The van der Waals surface area contributed by atoms with Crippen LogP contribution < -0.4 is 10.9 Å². The SMILES string of the molecule is CCn1nnc2c(=O)n(CC(=O)Nc3ccc(Cl)c(Cl)c3)cnc21. The van der Waals surface area contributed by atoms with Gasteiger partial charge in [-0.15, -0.1) is 5.10 Å². The van der Waals surface area contributed by atoms with Crippen molar-refractivity contribution in [2.75, 3.05) is 5.32 Å². The molecule has 0 radical (unpaired) electrons. The Hall–Kier alpha value is -2.45. The lowest BCUT2D eigenvalue weighted by atomic mass is 10.3. The summed E-state index contributed by atoms with van der Waals surface area (Å²) in [6.45, 7) is 2.21. The Bertz CT molecular complexity index is 981. The highest BCUT2D eigenvalue weighted by Gasteiger charge is 2.13. The summed E-state index contributed by atoms with van der Waals surface area (Å²) in [6.07, 6.45) is 1.30. The number of amides is 1. The Morgan fingerprint density at radius 3 is 2.79 bits per heavy atom. The van der Waals surface area contributed by atoms with Crippen molar-refractivity contribution in [3.63, 3.8) is 0 Å². The zero-order valence-electron chi connectivity index (χ0n) is 12.5. The van der Waals surface area contributed by atoms with E-state index in [-0.39, 0.29) is 12.1 Å². The number of nitrogens with one attached hydrogen (secondary N) is 1. The van der Waals surface area contributed by atoms with Crippen LogP contribution in [0.2, 0.25) is 10.0 Å². The van der Waals surface area contributed by atoms with Gasteiger partial charge in [0.1, 0.15) is 12.9 Å². The van der Waals surface area contributed by atoms with Crippen LogP contribution in [0.5, 0.6) is 0 Å². The largest absolute Gasteiger partial charge is 0.324 e. The third kappa shape index (κ3) is 3.10. The molecule has 124 valence electrons. The summed E-state index contributed by atoms with van der Waals surface area (Å²) in [5.41, 5.74) is 0.572. The van der Waals surface area contributed by atoms with E-state index in [1.807, 2.05) is 6.92 Å². The smallest absolute Gasteiger partial charge is 0.283 e. The van der Waals surface area contributed by atoms with Crippen molar-refractivity contribution in [3.05, 3.63) is 44.9 Å². The average Bonchev–Trinajstić information content (AvgIpc) is 2.97. The maximum Gasteiger partial charge on any atom is 0.283 e. The van der Waals surface area contributed by atoms with Gasteiger partial charge in [-0.1, -0.05) is 28.4 Å². The topological polar surface area (TPSA) is 94.7 Å². The molecule has 0 fully saturated rings. The molecule has 0 saturated carbocycles. The summed E-state index contributed by atoms with van der Waals surface area (Å²) >= 11 is 11.7. The number of aromatic nitrogens is 5. The molecule has 0 aliphatic carbocycles. The minimum absolute atomic E-state index is 0.127. The number of fused-ring (bicyclic) bond motifs is 1. The van der Waals surface area contributed by atoms with Gasteiger partial charge in [0.15, 0.2) is 11.2 Å². The second-order valence-electron chi connectivity index (χ2n) is 4.93. The minimum Gasteiger partial charge on any atom is -0.324 e. The first kappa shape index (κ1) is 16.4. The molecule has 0 atom stereocenters. The summed E-state index contributed by atoms with van der Waals surface area (Å²) in [5.74, 6) is -0.403. The van der Waals surface area contributed by atoms with Crippen LogP contribution in [-0.4, -0.2) is 30.5 Å². The van der Waals surface area contributed by atoms with Gasteiger partial charge < -0.3 is 5.32 Å². The Kier molecular flexibility index (Phi) is 4.50. The normalized spacial score (nSPS) is 11.0. The van der Waals surface area contributed by atoms with Gasteiger partial charge in [-0.25, -0.2) is 9.67 Å². The summed E-state index contributed by atoms with van der Waals surface area (Å²) in [4.78, 5) is 28.6. The standard InChI is InChI=1S/C14H12Cl2N6O2/c1-2-22-13-12(19-20-22)14(24)21(7-17-13)6-11(23)18-8-3-4-9(15)10(16)5-8/h3-5,7H,2,6H2,1H3,(H,18,23). The van der Waals surface area contributed by atoms with Crippen LogP contribution in [0, 0.1) is 0 Å². The van der Waals surface area contributed by atoms with Gasteiger partial charge in [0, 0.05) is 12.2 Å². The molecule has 8 nitrogen and oxygen atoms in total. The molecule has 1 N–H and O–H groups in total. The highest BCUT2D eigenvalue weighted by Crippen LogP contribution is 2.24. The van der Waals surface area contributed by atoms with Crippen molar-refractivity contribution in [1.82, 2.24) is 24.5 Å². The third-order valence-corrected chi connectivity index (χ3v) is 4.05. The number of nitrogens with zero attached hydrogens (tertiary/aromatic N) is 5. The first-order chi connectivity index (χ1) is 11.5. The van der Waals surface area contributed by atoms with Crippen LogP contribution >= 0.6 is 23.2 Å². The molecule has 10 heteroatoms. The molecule has 24 heavy (non-hydrogen) atoms. The van der Waals surface area contributed by atoms with Crippen molar-refractivity contribution in [2.45, 2.75) is 20.0 Å². The van der Waals surface area contributed by atoms with E-state index in [1.165, 1.54) is 21.6 Å². The first-order valence-electron chi connectivity index (χ1n) is 7.03. The monoisotopic (exact) mass is 366 g/mol. The number of carbonyl (C=O) groups excluding carboxylic acids is 1. The van der Waals surface area contributed by atoms with E-state index >= 15 is 0 Å². The first-order valence-corrected chi connectivity index (χ1v) is 7.78. The highest BCUT2D eigenvalue weighted by atomic mass is 35.5. The van der Waals surface area contributed by atoms with Crippen LogP contribution in [0.15, 0.2) is 29.3 Å². The molecule has 0 saturated heterocycles. The molecule has 0 bridgehead atoms. The van der Waals surface area contributed by atoms with Crippen molar-refractivity contribution in [2.24, 2.45) is 0 Å². The Balaban J connectivity index is 1.81. The second kappa shape index (κ2) is 6.58. The second-order valence-corrected chi connectivity index (χ2v) is 5.75. The lowest BCUT2D eigenvalue weighted by Gasteiger charge is -2.08. The van der Waals surface area contributed by atoms with Crippen LogP contribution in [0.3, 0.4) is 0 Å². The summed E-state index contributed by atoms with van der Waals surface area (Å²) in [6, 6.07) is 4.71. The molecule has 2 heterocycles. The van der Waals surface area contributed by atoms with Crippen LogP contribution in [-0.2, 0) is 17.9 Å². The third-order valence-electron chi connectivity index (χ3n) is 3.31. The zero-order chi connectivity index (χ0) is 17.3. The Labute approximate surface area is 146 Å². The van der Waals surface area contributed by atoms with Gasteiger partial charge in [-0.05, 0) is 25.1 Å². The van der Waals surface area contributed by atoms with Crippen molar-refractivity contribution >= 4 is 46.0 Å². The van der Waals surface area contributed by atoms with Crippen LogP contribution in [0.25, 0.3) is 11.2 Å². The Morgan fingerprint density at radius 2 is 2.08 bits per heavy atom. The fourth-order valence-electron chi connectivity index (χ4n) is 2.14. The van der Waals surface area contributed by atoms with Gasteiger partial charge >= 0.3 is 0 Å². The maximum atomic E-state index is 12.3. The molecule has 0 spiro atoms. The molecule has 1 amide bonds. The molecule has 2 aromatic heterocycles. The molecule has 3 rings (SSSR count). The fourth-order valence-corrected chi connectivity index (χ4v) is 2.44. The van der Waals surface area contributed by atoms with Gasteiger partial charge in [-0.3, -0.25) is 14.2 Å². The number of anilines is 1. The molecule has 1 aromatic carbocycles. The molecule has 0 aliphatic heterocycles. The van der Waals surface area contributed by atoms with E-state index in [0.717, 1.165) is 0 Å². The van der Waals surface area contributed by atoms with E-state index in [4.69, 9.17) is 23.2 Å². The number of carbonyl (C=O) groups is 1. The van der Waals surface area contributed by atoms with Crippen molar-refractivity contribution < 1.29 is 4.79 Å². The maximum absolute atomic E-state index is 12.3. The predicted molar refractivity (Wildman–Crippen MR) is 90.3 cm³/mol. The summed E-state index contributed by atoms with van der Waals surface area (Å²) in [5, 5.41) is 11.0. The quantitative estimate of drug-likeness (QED) is 0.761. The number of hydrogen-bond acceptors (Lipinski definition) is 5.